The second-order valence-electron chi connectivity index (χ2n) is 6.59. The van der Waals surface area contributed by atoms with Crippen LogP contribution in [0.3, 0.4) is 0 Å². The Labute approximate surface area is 152 Å². The van der Waals surface area contributed by atoms with Crippen LogP contribution in [-0.2, 0) is 21.1 Å². The maximum atomic E-state index is 12.7. The highest BCUT2D eigenvalue weighted by molar-refractivity contribution is 7.89. The molecule has 1 saturated carbocycles. The lowest BCUT2D eigenvalue weighted by Gasteiger charge is -2.30. The van der Waals surface area contributed by atoms with Gasteiger partial charge in [-0.25, -0.2) is 8.42 Å². The summed E-state index contributed by atoms with van der Waals surface area (Å²) in [6.45, 7) is 0. The lowest BCUT2D eigenvalue weighted by Crippen LogP contribution is -2.43. The van der Waals surface area contributed by atoms with Gasteiger partial charge in [-0.15, -0.1) is 0 Å². The molecule has 1 N–H and O–H groups in total. The number of hydrogen-bond donors (Lipinski definition) is 1. The van der Waals surface area contributed by atoms with Crippen LogP contribution in [0, 0.1) is 0 Å². The topological polar surface area (TPSA) is 76.4 Å². The van der Waals surface area contributed by atoms with Crippen LogP contribution in [0.25, 0.3) is 0 Å². The zero-order valence-corrected chi connectivity index (χ0v) is 15.5. The second kappa shape index (κ2) is 6.84. The Balaban J connectivity index is 1.82. The molecule has 2 aromatic rings. The fourth-order valence-corrected chi connectivity index (χ4v) is 4.23. The Bertz CT molecular complexity index is 882. The maximum Gasteiger partial charge on any atom is 0.287 e. The van der Waals surface area contributed by atoms with E-state index in [9.17, 15) is 13.2 Å². The Morgan fingerprint density at radius 3 is 2.60 bits per heavy atom. The zero-order valence-electron chi connectivity index (χ0n) is 13.9. The Kier molecular flexibility index (Phi) is 4.93. The SMILES string of the molecule is CS(=O)(=O)Cc1ccc(C(=O)NC2(c3cccc(Cl)c3)CCCC2)o1. The van der Waals surface area contributed by atoms with Crippen molar-refractivity contribution in [3.63, 3.8) is 0 Å². The van der Waals surface area contributed by atoms with Gasteiger partial charge in [-0.2, -0.15) is 0 Å². The Morgan fingerprint density at radius 2 is 1.96 bits per heavy atom. The zero-order chi connectivity index (χ0) is 18.1. The minimum Gasteiger partial charge on any atom is -0.455 e. The molecule has 0 spiro atoms. The van der Waals surface area contributed by atoms with E-state index in [4.69, 9.17) is 16.0 Å². The molecule has 1 amide bonds. The molecule has 0 unspecified atom stereocenters. The molecule has 25 heavy (non-hydrogen) atoms. The number of hydrogen-bond acceptors (Lipinski definition) is 4. The fourth-order valence-electron chi connectivity index (χ4n) is 3.37. The summed E-state index contributed by atoms with van der Waals surface area (Å²) in [5, 5.41) is 3.72. The molecule has 7 heteroatoms. The second-order valence-corrected chi connectivity index (χ2v) is 9.17. The van der Waals surface area contributed by atoms with Gasteiger partial charge < -0.3 is 9.73 Å². The summed E-state index contributed by atoms with van der Waals surface area (Å²) in [5.74, 6) is -0.191. The minimum absolute atomic E-state index is 0.118. The van der Waals surface area contributed by atoms with Crippen LogP contribution >= 0.6 is 11.6 Å². The van der Waals surface area contributed by atoms with Gasteiger partial charge >= 0.3 is 0 Å². The summed E-state index contributed by atoms with van der Waals surface area (Å²) in [5.41, 5.74) is 0.514. The smallest absolute Gasteiger partial charge is 0.287 e. The highest BCUT2D eigenvalue weighted by Crippen LogP contribution is 2.39. The monoisotopic (exact) mass is 381 g/mol. The first-order valence-corrected chi connectivity index (χ1v) is 10.6. The van der Waals surface area contributed by atoms with Crippen molar-refractivity contribution in [2.24, 2.45) is 0 Å². The van der Waals surface area contributed by atoms with E-state index in [0.29, 0.717) is 5.02 Å². The molecule has 1 heterocycles. The summed E-state index contributed by atoms with van der Waals surface area (Å²) >= 11 is 6.12. The molecule has 0 saturated heterocycles. The molecule has 3 rings (SSSR count). The van der Waals surface area contributed by atoms with Crippen molar-refractivity contribution < 1.29 is 17.6 Å². The molecule has 1 aromatic heterocycles. The van der Waals surface area contributed by atoms with Gasteiger partial charge in [0.25, 0.3) is 5.91 Å². The van der Waals surface area contributed by atoms with E-state index < -0.39 is 15.4 Å². The van der Waals surface area contributed by atoms with Gasteiger partial charge in [0.1, 0.15) is 11.5 Å². The molecule has 1 aliphatic carbocycles. The van der Waals surface area contributed by atoms with Crippen LogP contribution in [0.2, 0.25) is 5.02 Å². The Morgan fingerprint density at radius 1 is 1.24 bits per heavy atom. The number of sulfone groups is 1. The number of carbonyl (C=O) groups excluding carboxylic acids is 1. The average molecular weight is 382 g/mol. The molecule has 1 fully saturated rings. The number of halogens is 1. The van der Waals surface area contributed by atoms with Gasteiger partial charge in [-0.3, -0.25) is 4.79 Å². The van der Waals surface area contributed by atoms with Crippen molar-refractivity contribution in [1.82, 2.24) is 5.32 Å². The van der Waals surface area contributed by atoms with E-state index in [-0.39, 0.29) is 23.2 Å². The third-order valence-electron chi connectivity index (χ3n) is 4.48. The minimum atomic E-state index is -3.21. The first-order valence-electron chi connectivity index (χ1n) is 8.12. The quantitative estimate of drug-likeness (QED) is 0.857. The Hall–Kier alpha value is -1.79. The number of rotatable bonds is 5. The average Bonchev–Trinajstić information content (AvgIpc) is 3.16. The molecule has 0 atom stereocenters. The normalized spacial score (nSPS) is 16.7. The van der Waals surface area contributed by atoms with Crippen molar-refractivity contribution in [3.8, 4) is 0 Å². The number of nitrogens with one attached hydrogen (secondary N) is 1. The van der Waals surface area contributed by atoms with Crippen molar-refractivity contribution in [2.75, 3.05) is 6.26 Å². The van der Waals surface area contributed by atoms with E-state index in [1.165, 1.54) is 12.1 Å². The van der Waals surface area contributed by atoms with Gasteiger partial charge in [0.15, 0.2) is 15.6 Å². The molecule has 0 radical (unpaired) electrons. The lowest BCUT2D eigenvalue weighted by molar-refractivity contribution is 0.0868. The van der Waals surface area contributed by atoms with E-state index >= 15 is 0 Å². The largest absolute Gasteiger partial charge is 0.455 e. The first kappa shape index (κ1) is 18.0. The molecule has 1 aliphatic rings. The van der Waals surface area contributed by atoms with Crippen LogP contribution in [0.4, 0.5) is 0 Å². The number of furan rings is 1. The van der Waals surface area contributed by atoms with Crippen molar-refractivity contribution >= 4 is 27.3 Å². The van der Waals surface area contributed by atoms with Gasteiger partial charge in [0, 0.05) is 11.3 Å². The van der Waals surface area contributed by atoms with Gasteiger partial charge in [0.05, 0.1) is 5.54 Å². The summed E-state index contributed by atoms with van der Waals surface area (Å²) in [4.78, 5) is 12.7. The van der Waals surface area contributed by atoms with Crippen LogP contribution in [0.1, 0.15) is 47.6 Å². The van der Waals surface area contributed by atoms with E-state index in [2.05, 4.69) is 5.32 Å². The standard InChI is InChI=1S/C18H20ClNO4S/c1-25(22,23)12-15-7-8-16(24-15)17(21)20-18(9-2-3-10-18)13-5-4-6-14(19)11-13/h4-8,11H,2-3,9-10,12H2,1H3,(H,20,21). The summed E-state index contributed by atoms with van der Waals surface area (Å²) in [6, 6.07) is 10.6. The molecule has 1 aromatic carbocycles. The van der Waals surface area contributed by atoms with E-state index in [1.54, 1.807) is 6.07 Å². The molecular formula is C18H20ClNO4S. The third kappa shape index (κ3) is 4.25. The molecule has 0 aliphatic heterocycles. The lowest BCUT2D eigenvalue weighted by atomic mass is 9.88. The van der Waals surface area contributed by atoms with E-state index in [0.717, 1.165) is 37.5 Å². The molecule has 0 bridgehead atoms. The van der Waals surface area contributed by atoms with Crippen LogP contribution < -0.4 is 5.32 Å². The number of benzene rings is 1. The summed E-state index contributed by atoms with van der Waals surface area (Å²) in [6.07, 6.45) is 4.82. The van der Waals surface area contributed by atoms with Crippen LogP contribution in [0.15, 0.2) is 40.8 Å². The van der Waals surface area contributed by atoms with Crippen LogP contribution in [0.5, 0.6) is 0 Å². The highest BCUT2D eigenvalue weighted by Gasteiger charge is 2.38. The third-order valence-corrected chi connectivity index (χ3v) is 5.52. The molecular weight excluding hydrogens is 362 g/mol. The number of amides is 1. The van der Waals surface area contributed by atoms with Crippen LogP contribution in [-0.4, -0.2) is 20.6 Å². The molecule has 5 nitrogen and oxygen atoms in total. The molecule has 134 valence electrons. The summed E-state index contributed by atoms with van der Waals surface area (Å²) < 4.78 is 28.1. The van der Waals surface area contributed by atoms with Gasteiger partial charge in [-0.1, -0.05) is 36.6 Å². The summed E-state index contributed by atoms with van der Waals surface area (Å²) in [7, 11) is -3.21. The first-order chi connectivity index (χ1) is 11.8. The van der Waals surface area contributed by atoms with Crippen molar-refractivity contribution in [1.29, 1.82) is 0 Å². The number of carbonyl (C=O) groups is 1. The van der Waals surface area contributed by atoms with Crippen molar-refractivity contribution in [2.45, 2.75) is 37.0 Å². The van der Waals surface area contributed by atoms with E-state index in [1.807, 2.05) is 18.2 Å². The predicted octanol–water partition coefficient (Wildman–Crippen LogP) is 3.68. The maximum absolute atomic E-state index is 12.7. The highest BCUT2D eigenvalue weighted by atomic mass is 35.5. The van der Waals surface area contributed by atoms with Gasteiger partial charge in [0.2, 0.25) is 0 Å². The van der Waals surface area contributed by atoms with Gasteiger partial charge in [-0.05, 0) is 42.7 Å². The fraction of sp³-hybridized carbons (Fsp3) is 0.389. The van der Waals surface area contributed by atoms with Crippen molar-refractivity contribution in [3.05, 3.63) is 58.5 Å². The predicted molar refractivity (Wildman–Crippen MR) is 96.3 cm³/mol.